The van der Waals surface area contributed by atoms with Crippen molar-refractivity contribution in [3.63, 3.8) is 0 Å². The van der Waals surface area contributed by atoms with Crippen LogP contribution in [0.4, 0.5) is 5.69 Å². The third-order valence-corrected chi connectivity index (χ3v) is 6.11. The summed E-state index contributed by atoms with van der Waals surface area (Å²) in [6, 6.07) is 20.6. The highest BCUT2D eigenvalue weighted by atomic mass is 16.3. The Bertz CT molecular complexity index is 938. The van der Waals surface area contributed by atoms with Crippen molar-refractivity contribution in [2.45, 2.75) is 39.2 Å². The van der Waals surface area contributed by atoms with Gasteiger partial charge in [0, 0.05) is 25.7 Å². The molecule has 0 unspecified atom stereocenters. The minimum Gasteiger partial charge on any atom is -0.459 e. The van der Waals surface area contributed by atoms with Crippen LogP contribution in [0.25, 0.3) is 0 Å². The summed E-state index contributed by atoms with van der Waals surface area (Å²) < 4.78 is 5.48. The number of carbonyl (C=O) groups is 1. The second kappa shape index (κ2) is 9.31. The molecule has 1 fully saturated rings. The molecule has 0 N–H and O–H groups in total. The minimum absolute atomic E-state index is 0.0415. The molecule has 0 radical (unpaired) electrons. The number of hydrogen-bond acceptors (Lipinski definition) is 3. The van der Waals surface area contributed by atoms with Crippen LogP contribution in [0.15, 0.2) is 71.3 Å². The fourth-order valence-electron chi connectivity index (χ4n) is 4.49. The second-order valence-electron chi connectivity index (χ2n) is 8.20. The Morgan fingerprint density at radius 2 is 1.67 bits per heavy atom. The van der Waals surface area contributed by atoms with Crippen LogP contribution in [-0.2, 0) is 6.42 Å². The van der Waals surface area contributed by atoms with Crippen LogP contribution in [0.1, 0.15) is 40.1 Å². The number of piperidine rings is 1. The predicted octanol–water partition coefficient (Wildman–Crippen LogP) is 5.25. The molecular formula is C26H30N2O2. The van der Waals surface area contributed by atoms with Gasteiger partial charge in [-0.25, -0.2) is 0 Å². The van der Waals surface area contributed by atoms with Gasteiger partial charge in [-0.05, 0) is 61.9 Å². The Hall–Kier alpha value is -2.85. The van der Waals surface area contributed by atoms with E-state index in [2.05, 4.69) is 67.3 Å². The predicted molar refractivity (Wildman–Crippen MR) is 121 cm³/mol. The first-order valence-corrected chi connectivity index (χ1v) is 10.8. The summed E-state index contributed by atoms with van der Waals surface area (Å²) in [5.74, 6) is 0.365. The maximum atomic E-state index is 13.4. The van der Waals surface area contributed by atoms with E-state index >= 15 is 0 Å². The fourth-order valence-corrected chi connectivity index (χ4v) is 4.49. The van der Waals surface area contributed by atoms with Crippen LogP contribution in [-0.4, -0.2) is 36.5 Å². The zero-order chi connectivity index (χ0) is 20.9. The number of amides is 1. The largest absolute Gasteiger partial charge is 0.459 e. The summed E-state index contributed by atoms with van der Waals surface area (Å²) in [5.41, 5.74) is 4.66. The van der Waals surface area contributed by atoms with Crippen molar-refractivity contribution < 1.29 is 9.21 Å². The maximum Gasteiger partial charge on any atom is 0.294 e. The lowest BCUT2D eigenvalue weighted by atomic mass is 9.98. The summed E-state index contributed by atoms with van der Waals surface area (Å²) in [6.45, 7) is 7.24. The van der Waals surface area contributed by atoms with E-state index in [1.807, 2.05) is 4.90 Å². The van der Waals surface area contributed by atoms with Crippen LogP contribution < -0.4 is 4.90 Å². The number of furan rings is 1. The SMILES string of the molecule is Cc1cccc(C)c1N(C(=O)c1ccco1)C1CCN(CCc2ccccc2)CC1. The van der Waals surface area contributed by atoms with Crippen LogP contribution in [0, 0.1) is 13.8 Å². The van der Waals surface area contributed by atoms with Crippen molar-refractivity contribution in [1.82, 2.24) is 4.90 Å². The third-order valence-electron chi connectivity index (χ3n) is 6.11. The average molecular weight is 403 g/mol. The molecule has 0 atom stereocenters. The van der Waals surface area contributed by atoms with Gasteiger partial charge in [0.1, 0.15) is 0 Å². The lowest BCUT2D eigenvalue weighted by Gasteiger charge is -2.39. The van der Waals surface area contributed by atoms with Gasteiger partial charge in [-0.1, -0.05) is 48.5 Å². The molecule has 30 heavy (non-hydrogen) atoms. The molecule has 1 aliphatic rings. The highest BCUT2D eigenvalue weighted by Crippen LogP contribution is 2.31. The number of carbonyl (C=O) groups excluding carboxylic acids is 1. The molecule has 2 heterocycles. The van der Waals surface area contributed by atoms with E-state index in [0.717, 1.165) is 55.7 Å². The zero-order valence-electron chi connectivity index (χ0n) is 17.9. The Morgan fingerprint density at radius 1 is 0.967 bits per heavy atom. The molecule has 0 aliphatic carbocycles. The van der Waals surface area contributed by atoms with Crippen molar-refractivity contribution in [3.8, 4) is 0 Å². The second-order valence-corrected chi connectivity index (χ2v) is 8.20. The molecule has 156 valence electrons. The molecule has 2 aromatic carbocycles. The van der Waals surface area contributed by atoms with Crippen LogP contribution in [0.5, 0.6) is 0 Å². The van der Waals surface area contributed by atoms with Gasteiger partial charge in [-0.15, -0.1) is 0 Å². The van der Waals surface area contributed by atoms with Gasteiger partial charge in [-0.2, -0.15) is 0 Å². The molecular weight excluding hydrogens is 372 g/mol. The Balaban J connectivity index is 1.49. The lowest BCUT2D eigenvalue weighted by Crippen LogP contribution is -2.48. The van der Waals surface area contributed by atoms with E-state index < -0.39 is 0 Å². The van der Waals surface area contributed by atoms with Crippen molar-refractivity contribution in [2.75, 3.05) is 24.5 Å². The van der Waals surface area contributed by atoms with Crippen molar-refractivity contribution in [3.05, 3.63) is 89.4 Å². The fraction of sp³-hybridized carbons (Fsp3) is 0.346. The quantitative estimate of drug-likeness (QED) is 0.565. The molecule has 1 saturated heterocycles. The van der Waals surface area contributed by atoms with E-state index in [0.29, 0.717) is 5.76 Å². The maximum absolute atomic E-state index is 13.4. The molecule has 1 aliphatic heterocycles. The van der Waals surface area contributed by atoms with Gasteiger partial charge in [0.25, 0.3) is 5.91 Å². The molecule has 1 amide bonds. The summed E-state index contributed by atoms with van der Waals surface area (Å²) in [7, 11) is 0. The van der Waals surface area contributed by atoms with E-state index in [1.165, 1.54) is 5.56 Å². The Morgan fingerprint density at radius 3 is 2.30 bits per heavy atom. The van der Waals surface area contributed by atoms with E-state index in [1.54, 1.807) is 18.4 Å². The average Bonchev–Trinajstić information content (AvgIpc) is 3.31. The number of aryl methyl sites for hydroxylation is 2. The van der Waals surface area contributed by atoms with Crippen molar-refractivity contribution in [1.29, 1.82) is 0 Å². The van der Waals surface area contributed by atoms with Crippen LogP contribution in [0.3, 0.4) is 0 Å². The monoisotopic (exact) mass is 402 g/mol. The van der Waals surface area contributed by atoms with Gasteiger partial charge in [0.2, 0.25) is 0 Å². The molecule has 4 heteroatoms. The van der Waals surface area contributed by atoms with Gasteiger partial charge >= 0.3 is 0 Å². The Kier molecular flexibility index (Phi) is 6.34. The van der Waals surface area contributed by atoms with E-state index in [4.69, 9.17) is 4.42 Å². The lowest BCUT2D eigenvalue weighted by molar-refractivity contribution is 0.0933. The first kappa shape index (κ1) is 20.4. The van der Waals surface area contributed by atoms with Gasteiger partial charge in [-0.3, -0.25) is 4.79 Å². The van der Waals surface area contributed by atoms with Gasteiger partial charge in [0.05, 0.1) is 12.0 Å². The van der Waals surface area contributed by atoms with Crippen molar-refractivity contribution >= 4 is 11.6 Å². The summed E-state index contributed by atoms with van der Waals surface area (Å²) in [4.78, 5) is 17.9. The zero-order valence-corrected chi connectivity index (χ0v) is 17.9. The third kappa shape index (κ3) is 4.49. The summed E-state index contributed by atoms with van der Waals surface area (Å²) in [6.07, 6.45) is 4.57. The normalized spacial score (nSPS) is 15.3. The van der Waals surface area contributed by atoms with Crippen LogP contribution in [0.2, 0.25) is 0 Å². The molecule has 4 rings (SSSR count). The van der Waals surface area contributed by atoms with Crippen molar-refractivity contribution in [2.24, 2.45) is 0 Å². The standard InChI is InChI=1S/C26H30N2O2/c1-20-8-6-9-21(2)25(20)28(26(29)24-12-7-19-30-24)23-14-17-27(18-15-23)16-13-22-10-4-3-5-11-22/h3-12,19,23H,13-18H2,1-2H3. The smallest absolute Gasteiger partial charge is 0.294 e. The summed E-state index contributed by atoms with van der Waals surface area (Å²) in [5, 5.41) is 0. The molecule has 1 aromatic heterocycles. The molecule has 0 bridgehead atoms. The molecule has 3 aromatic rings. The van der Waals surface area contributed by atoms with Crippen LogP contribution >= 0.6 is 0 Å². The summed E-state index contributed by atoms with van der Waals surface area (Å²) >= 11 is 0. The first-order valence-electron chi connectivity index (χ1n) is 10.8. The topological polar surface area (TPSA) is 36.7 Å². The number of hydrogen-bond donors (Lipinski definition) is 0. The van der Waals surface area contributed by atoms with Gasteiger partial charge < -0.3 is 14.2 Å². The van der Waals surface area contributed by atoms with E-state index in [-0.39, 0.29) is 11.9 Å². The minimum atomic E-state index is -0.0415. The number of benzene rings is 2. The van der Waals surface area contributed by atoms with Gasteiger partial charge in [0.15, 0.2) is 5.76 Å². The molecule has 4 nitrogen and oxygen atoms in total. The highest BCUT2D eigenvalue weighted by molar-refractivity contribution is 6.05. The number of likely N-dealkylation sites (tertiary alicyclic amines) is 1. The first-order chi connectivity index (χ1) is 14.6. The van der Waals surface area contributed by atoms with E-state index in [9.17, 15) is 4.79 Å². The number of anilines is 1. The molecule has 0 saturated carbocycles. The number of nitrogens with zero attached hydrogens (tertiary/aromatic N) is 2. The highest BCUT2D eigenvalue weighted by Gasteiger charge is 2.32. The molecule has 0 spiro atoms. The number of rotatable bonds is 6. The number of para-hydroxylation sites is 1. The Labute approximate surface area is 179 Å².